The molecule has 0 atom stereocenters. The van der Waals surface area contributed by atoms with E-state index in [1.54, 1.807) is 5.56 Å². The highest BCUT2D eigenvalue weighted by molar-refractivity contribution is 7.19. The fourth-order valence-electron chi connectivity index (χ4n) is 2.51. The quantitative estimate of drug-likeness (QED) is 0.830. The lowest BCUT2D eigenvalue weighted by Crippen LogP contribution is -2.11. The van der Waals surface area contributed by atoms with Gasteiger partial charge in [0.2, 0.25) is 0 Å². The normalized spacial score (nSPS) is 11.3. The summed E-state index contributed by atoms with van der Waals surface area (Å²) in [5.41, 5.74) is 4.43. The molecule has 0 saturated carbocycles. The second-order valence-corrected chi connectivity index (χ2v) is 6.04. The van der Waals surface area contributed by atoms with Gasteiger partial charge >= 0.3 is 0 Å². The maximum absolute atomic E-state index is 3.47. The van der Waals surface area contributed by atoms with Crippen LogP contribution in [0.25, 0.3) is 10.1 Å². The monoisotopic (exact) mass is 261 g/mol. The summed E-state index contributed by atoms with van der Waals surface area (Å²) in [5, 5.41) is 5.00. The summed E-state index contributed by atoms with van der Waals surface area (Å²) < 4.78 is 1.49. The highest BCUT2D eigenvalue weighted by Gasteiger charge is 2.14. The van der Waals surface area contributed by atoms with Crippen LogP contribution < -0.4 is 5.32 Å². The third-order valence-electron chi connectivity index (χ3n) is 3.46. The molecule has 0 aliphatic heterocycles. The zero-order chi connectivity index (χ0) is 13.1. The highest BCUT2D eigenvalue weighted by Crippen LogP contribution is 2.36. The van der Waals surface area contributed by atoms with Gasteiger partial charge in [0.25, 0.3) is 0 Å². The lowest BCUT2D eigenvalue weighted by atomic mass is 10.00. The van der Waals surface area contributed by atoms with Crippen LogP contribution in [-0.4, -0.2) is 6.54 Å². The van der Waals surface area contributed by atoms with Crippen molar-refractivity contribution >= 4 is 21.4 Å². The van der Waals surface area contributed by atoms with Crippen LogP contribution in [0.15, 0.2) is 12.1 Å². The molecule has 1 nitrogen and oxygen atoms in total. The largest absolute Gasteiger partial charge is 0.312 e. The van der Waals surface area contributed by atoms with Gasteiger partial charge in [0, 0.05) is 16.1 Å². The van der Waals surface area contributed by atoms with Crippen LogP contribution in [-0.2, 0) is 13.0 Å². The van der Waals surface area contributed by atoms with Gasteiger partial charge in [0.1, 0.15) is 0 Å². The summed E-state index contributed by atoms with van der Waals surface area (Å²) in [7, 11) is 0. The van der Waals surface area contributed by atoms with Crippen molar-refractivity contribution in [3.8, 4) is 0 Å². The van der Waals surface area contributed by atoms with E-state index in [0.717, 1.165) is 13.1 Å². The van der Waals surface area contributed by atoms with Crippen molar-refractivity contribution in [1.29, 1.82) is 0 Å². The lowest BCUT2D eigenvalue weighted by molar-refractivity contribution is 0.728. The van der Waals surface area contributed by atoms with Gasteiger partial charge in [-0.1, -0.05) is 32.4 Å². The number of benzene rings is 1. The molecule has 0 aliphatic carbocycles. The Morgan fingerprint density at radius 1 is 1.11 bits per heavy atom. The summed E-state index contributed by atoms with van der Waals surface area (Å²) in [6.07, 6.45) is 2.42. The minimum absolute atomic E-state index is 1.02. The SMILES string of the molecule is CCCc1c(CNCC)sc2c(C)ccc(C)c12. The van der Waals surface area contributed by atoms with Crippen LogP contribution in [0.3, 0.4) is 0 Å². The molecular formula is C16H23NS. The van der Waals surface area contributed by atoms with Gasteiger partial charge in [-0.2, -0.15) is 0 Å². The van der Waals surface area contributed by atoms with E-state index in [0.29, 0.717) is 0 Å². The van der Waals surface area contributed by atoms with Crippen molar-refractivity contribution in [3.63, 3.8) is 0 Å². The molecule has 1 heterocycles. The molecule has 0 unspecified atom stereocenters. The Morgan fingerprint density at radius 3 is 2.50 bits per heavy atom. The topological polar surface area (TPSA) is 12.0 Å². The van der Waals surface area contributed by atoms with Crippen LogP contribution in [0.5, 0.6) is 0 Å². The van der Waals surface area contributed by atoms with Crippen LogP contribution in [0.2, 0.25) is 0 Å². The Balaban J connectivity index is 2.59. The Labute approximate surface area is 114 Å². The van der Waals surface area contributed by atoms with Crippen LogP contribution >= 0.6 is 11.3 Å². The Kier molecular flexibility index (Phi) is 4.41. The number of nitrogens with one attached hydrogen (secondary N) is 1. The summed E-state index contributed by atoms with van der Waals surface area (Å²) >= 11 is 1.98. The van der Waals surface area contributed by atoms with Gasteiger partial charge in [-0.05, 0) is 48.9 Å². The van der Waals surface area contributed by atoms with Gasteiger partial charge in [0.05, 0.1) is 0 Å². The second kappa shape index (κ2) is 5.85. The number of rotatable bonds is 5. The minimum Gasteiger partial charge on any atom is -0.312 e. The van der Waals surface area contributed by atoms with Gasteiger partial charge in [-0.15, -0.1) is 11.3 Å². The number of fused-ring (bicyclic) bond motifs is 1. The minimum atomic E-state index is 1.02. The number of hydrogen-bond donors (Lipinski definition) is 1. The van der Waals surface area contributed by atoms with Gasteiger partial charge in [0.15, 0.2) is 0 Å². The number of thiophene rings is 1. The molecule has 0 radical (unpaired) electrons. The van der Waals surface area contributed by atoms with E-state index in [1.807, 2.05) is 11.3 Å². The van der Waals surface area contributed by atoms with Gasteiger partial charge in [-0.25, -0.2) is 0 Å². The first-order valence-electron chi connectivity index (χ1n) is 6.90. The summed E-state index contributed by atoms with van der Waals surface area (Å²) in [6, 6.07) is 4.52. The van der Waals surface area contributed by atoms with E-state index in [1.165, 1.54) is 38.9 Å². The van der Waals surface area contributed by atoms with Crippen molar-refractivity contribution < 1.29 is 0 Å². The standard InChI is InChI=1S/C16H23NS/c1-5-7-13-14(10-17-6-2)18-16-12(4)9-8-11(3)15(13)16/h8-9,17H,5-7,10H2,1-4H3. The van der Waals surface area contributed by atoms with Crippen LogP contribution in [0.1, 0.15) is 41.8 Å². The first-order valence-corrected chi connectivity index (χ1v) is 7.71. The molecule has 0 bridgehead atoms. The summed E-state index contributed by atoms with van der Waals surface area (Å²) in [4.78, 5) is 1.53. The molecule has 1 N–H and O–H groups in total. The first-order chi connectivity index (χ1) is 8.69. The molecule has 0 spiro atoms. The van der Waals surface area contributed by atoms with E-state index in [-0.39, 0.29) is 0 Å². The Bertz CT molecular complexity index is 540. The average Bonchev–Trinajstić information content (AvgIpc) is 2.72. The van der Waals surface area contributed by atoms with Crippen molar-refractivity contribution in [2.75, 3.05) is 6.54 Å². The third kappa shape index (κ3) is 2.45. The smallest absolute Gasteiger partial charge is 0.0380 e. The molecule has 98 valence electrons. The van der Waals surface area contributed by atoms with Gasteiger partial charge < -0.3 is 5.32 Å². The molecule has 0 fully saturated rings. The Hall–Kier alpha value is -0.860. The van der Waals surface area contributed by atoms with Crippen molar-refractivity contribution in [2.45, 2.75) is 47.1 Å². The van der Waals surface area contributed by atoms with E-state index >= 15 is 0 Å². The summed E-state index contributed by atoms with van der Waals surface area (Å²) in [5.74, 6) is 0. The Morgan fingerprint density at radius 2 is 1.83 bits per heavy atom. The molecule has 2 aromatic rings. The first kappa shape index (κ1) is 13.6. The summed E-state index contributed by atoms with van der Waals surface area (Å²) in [6.45, 7) is 11.0. The molecule has 1 aromatic heterocycles. The molecule has 0 aliphatic rings. The number of aryl methyl sites for hydroxylation is 3. The molecule has 0 amide bonds. The van der Waals surface area contributed by atoms with Crippen LogP contribution in [0, 0.1) is 13.8 Å². The van der Waals surface area contributed by atoms with E-state index < -0.39 is 0 Å². The second-order valence-electron chi connectivity index (χ2n) is 4.94. The lowest BCUT2D eigenvalue weighted by Gasteiger charge is -2.06. The molecule has 1 aromatic carbocycles. The maximum atomic E-state index is 3.47. The molecular weight excluding hydrogens is 238 g/mol. The predicted molar refractivity (Wildman–Crippen MR) is 82.7 cm³/mol. The van der Waals surface area contributed by atoms with Crippen molar-refractivity contribution in [3.05, 3.63) is 33.7 Å². The molecule has 18 heavy (non-hydrogen) atoms. The fourth-order valence-corrected chi connectivity index (χ4v) is 3.88. The molecule has 0 saturated heterocycles. The van der Waals surface area contributed by atoms with Crippen molar-refractivity contribution in [1.82, 2.24) is 5.32 Å². The maximum Gasteiger partial charge on any atom is 0.0380 e. The average molecular weight is 261 g/mol. The van der Waals surface area contributed by atoms with Crippen LogP contribution in [0.4, 0.5) is 0 Å². The zero-order valence-electron chi connectivity index (χ0n) is 11.9. The molecule has 2 rings (SSSR count). The van der Waals surface area contributed by atoms with E-state index in [2.05, 4.69) is 45.1 Å². The van der Waals surface area contributed by atoms with Crippen molar-refractivity contribution in [2.24, 2.45) is 0 Å². The number of hydrogen-bond acceptors (Lipinski definition) is 2. The zero-order valence-corrected chi connectivity index (χ0v) is 12.7. The van der Waals surface area contributed by atoms with E-state index in [4.69, 9.17) is 0 Å². The predicted octanol–water partition coefficient (Wildman–Crippen LogP) is 4.58. The van der Waals surface area contributed by atoms with E-state index in [9.17, 15) is 0 Å². The third-order valence-corrected chi connectivity index (χ3v) is 4.83. The fraction of sp³-hybridized carbons (Fsp3) is 0.500. The molecule has 2 heteroatoms. The highest BCUT2D eigenvalue weighted by atomic mass is 32.1. The van der Waals surface area contributed by atoms with Gasteiger partial charge in [-0.3, -0.25) is 0 Å².